The summed E-state index contributed by atoms with van der Waals surface area (Å²) in [5, 5.41) is 0. The molecule has 24 heavy (non-hydrogen) atoms. The smallest absolute Gasteiger partial charge is 0.203 e. The molecule has 2 aromatic rings. The van der Waals surface area contributed by atoms with Crippen molar-refractivity contribution in [1.82, 2.24) is 0 Å². The third-order valence-electron chi connectivity index (χ3n) is 4.14. The maximum absolute atomic E-state index is 12.8. The highest BCUT2D eigenvalue weighted by Crippen LogP contribution is 2.26. The molecule has 0 radical (unpaired) electrons. The SMILES string of the molecule is CCCC(Oc1ccc(C)cc1N)C(=O)c1ccc(C(C)C)cc1. The summed E-state index contributed by atoms with van der Waals surface area (Å²) in [7, 11) is 0. The molecule has 0 saturated heterocycles. The van der Waals surface area contributed by atoms with Gasteiger partial charge in [0.15, 0.2) is 6.10 Å². The van der Waals surface area contributed by atoms with Crippen molar-refractivity contribution in [1.29, 1.82) is 0 Å². The highest BCUT2D eigenvalue weighted by Gasteiger charge is 2.22. The van der Waals surface area contributed by atoms with Crippen LogP contribution in [0.1, 0.15) is 61.0 Å². The van der Waals surface area contributed by atoms with Crippen molar-refractivity contribution < 1.29 is 9.53 Å². The summed E-state index contributed by atoms with van der Waals surface area (Å²) in [6.45, 7) is 8.30. The minimum absolute atomic E-state index is 0.00660. The number of ketones is 1. The first-order valence-corrected chi connectivity index (χ1v) is 8.59. The maximum atomic E-state index is 12.8. The predicted octanol–water partition coefficient (Wildman–Crippen LogP) is 5.13. The van der Waals surface area contributed by atoms with Gasteiger partial charge in [-0.05, 0) is 42.5 Å². The van der Waals surface area contributed by atoms with Crippen molar-refractivity contribution in [3.63, 3.8) is 0 Å². The lowest BCUT2D eigenvalue weighted by Gasteiger charge is -2.19. The molecule has 0 fully saturated rings. The molecule has 0 aliphatic carbocycles. The Balaban J connectivity index is 2.21. The monoisotopic (exact) mass is 325 g/mol. The van der Waals surface area contributed by atoms with Gasteiger partial charge in [0, 0.05) is 5.56 Å². The van der Waals surface area contributed by atoms with E-state index < -0.39 is 6.10 Å². The highest BCUT2D eigenvalue weighted by atomic mass is 16.5. The van der Waals surface area contributed by atoms with Crippen LogP contribution in [0, 0.1) is 6.92 Å². The summed E-state index contributed by atoms with van der Waals surface area (Å²) in [5.74, 6) is 1.03. The molecule has 0 bridgehead atoms. The molecule has 1 unspecified atom stereocenters. The van der Waals surface area contributed by atoms with Crippen LogP contribution < -0.4 is 10.5 Å². The molecule has 3 nitrogen and oxygen atoms in total. The Morgan fingerprint density at radius 3 is 2.33 bits per heavy atom. The minimum Gasteiger partial charge on any atom is -0.480 e. The third-order valence-corrected chi connectivity index (χ3v) is 4.14. The molecule has 1 atom stereocenters. The van der Waals surface area contributed by atoms with Gasteiger partial charge < -0.3 is 10.5 Å². The molecule has 0 saturated carbocycles. The highest BCUT2D eigenvalue weighted by molar-refractivity contribution is 5.99. The Morgan fingerprint density at radius 2 is 1.79 bits per heavy atom. The number of aryl methyl sites for hydroxylation is 1. The van der Waals surface area contributed by atoms with Crippen LogP contribution in [-0.4, -0.2) is 11.9 Å². The fourth-order valence-electron chi connectivity index (χ4n) is 2.65. The number of anilines is 1. The van der Waals surface area contributed by atoms with Crippen LogP contribution in [0.4, 0.5) is 5.69 Å². The van der Waals surface area contributed by atoms with Crippen LogP contribution >= 0.6 is 0 Å². The fourth-order valence-corrected chi connectivity index (χ4v) is 2.65. The number of hydrogen-bond donors (Lipinski definition) is 1. The van der Waals surface area contributed by atoms with Gasteiger partial charge in [-0.1, -0.05) is 57.5 Å². The van der Waals surface area contributed by atoms with Crippen molar-refractivity contribution in [2.24, 2.45) is 0 Å². The van der Waals surface area contributed by atoms with E-state index in [9.17, 15) is 4.79 Å². The molecule has 2 aromatic carbocycles. The number of nitrogen functional groups attached to an aromatic ring is 1. The molecule has 2 rings (SSSR count). The van der Waals surface area contributed by atoms with Crippen LogP contribution in [-0.2, 0) is 0 Å². The Bertz CT molecular complexity index is 689. The lowest BCUT2D eigenvalue weighted by atomic mass is 9.98. The molecule has 128 valence electrons. The van der Waals surface area contributed by atoms with E-state index in [2.05, 4.69) is 13.8 Å². The predicted molar refractivity (Wildman–Crippen MR) is 99.8 cm³/mol. The lowest BCUT2D eigenvalue weighted by molar-refractivity contribution is 0.0778. The Hall–Kier alpha value is -2.29. The molecule has 0 aliphatic rings. The minimum atomic E-state index is -0.509. The normalized spacial score (nSPS) is 12.2. The van der Waals surface area contributed by atoms with Gasteiger partial charge in [0.05, 0.1) is 5.69 Å². The molecule has 0 spiro atoms. The number of hydrogen-bond acceptors (Lipinski definition) is 3. The van der Waals surface area contributed by atoms with Crippen LogP contribution in [0.25, 0.3) is 0 Å². The molecule has 2 N–H and O–H groups in total. The molecule has 0 aliphatic heterocycles. The van der Waals surface area contributed by atoms with Crippen molar-refractivity contribution in [2.75, 3.05) is 5.73 Å². The number of Topliss-reactive ketones (excluding diaryl/α,β-unsaturated/α-hetero) is 1. The molecular weight excluding hydrogens is 298 g/mol. The van der Waals surface area contributed by atoms with Crippen molar-refractivity contribution >= 4 is 11.5 Å². The van der Waals surface area contributed by atoms with Gasteiger partial charge in [-0.25, -0.2) is 0 Å². The van der Waals surface area contributed by atoms with Gasteiger partial charge in [0.1, 0.15) is 5.75 Å². The van der Waals surface area contributed by atoms with Gasteiger partial charge in [-0.2, -0.15) is 0 Å². The number of nitrogens with two attached hydrogens (primary N) is 1. The van der Waals surface area contributed by atoms with E-state index >= 15 is 0 Å². The van der Waals surface area contributed by atoms with Gasteiger partial charge in [-0.3, -0.25) is 4.79 Å². The second-order valence-corrected chi connectivity index (χ2v) is 6.58. The fraction of sp³-hybridized carbons (Fsp3) is 0.381. The summed E-state index contributed by atoms with van der Waals surface area (Å²) in [4.78, 5) is 12.8. The molecule has 0 amide bonds. The number of benzene rings is 2. The molecule has 0 aromatic heterocycles. The van der Waals surface area contributed by atoms with Crippen LogP contribution in [0.5, 0.6) is 5.75 Å². The van der Waals surface area contributed by atoms with E-state index in [1.807, 2.05) is 56.3 Å². The van der Waals surface area contributed by atoms with E-state index in [-0.39, 0.29) is 5.78 Å². The third kappa shape index (κ3) is 4.38. The molecule has 3 heteroatoms. The van der Waals surface area contributed by atoms with E-state index in [4.69, 9.17) is 10.5 Å². The second kappa shape index (κ2) is 8.00. The largest absolute Gasteiger partial charge is 0.480 e. The molecule has 0 heterocycles. The topological polar surface area (TPSA) is 52.3 Å². The summed E-state index contributed by atoms with van der Waals surface area (Å²) in [5.41, 5.74) is 9.57. The van der Waals surface area contributed by atoms with Crippen molar-refractivity contribution in [3.05, 3.63) is 59.2 Å². The summed E-state index contributed by atoms with van der Waals surface area (Å²) in [6, 6.07) is 13.5. The maximum Gasteiger partial charge on any atom is 0.203 e. The zero-order valence-corrected chi connectivity index (χ0v) is 15.0. The average molecular weight is 325 g/mol. The Morgan fingerprint density at radius 1 is 1.12 bits per heavy atom. The van der Waals surface area contributed by atoms with Gasteiger partial charge in [0.25, 0.3) is 0 Å². The Labute approximate surface area is 144 Å². The second-order valence-electron chi connectivity index (χ2n) is 6.58. The van der Waals surface area contributed by atoms with E-state index in [0.29, 0.717) is 29.3 Å². The first-order chi connectivity index (χ1) is 11.4. The number of rotatable bonds is 7. The first-order valence-electron chi connectivity index (χ1n) is 8.59. The van der Waals surface area contributed by atoms with Gasteiger partial charge in [0.2, 0.25) is 5.78 Å². The summed E-state index contributed by atoms with van der Waals surface area (Å²) < 4.78 is 5.96. The number of carbonyl (C=O) groups excluding carboxylic acids is 1. The van der Waals surface area contributed by atoms with Gasteiger partial charge in [-0.15, -0.1) is 0 Å². The average Bonchev–Trinajstić information content (AvgIpc) is 2.56. The Kier molecular flexibility index (Phi) is 6.02. The van der Waals surface area contributed by atoms with E-state index in [1.165, 1.54) is 5.56 Å². The van der Waals surface area contributed by atoms with Crippen molar-refractivity contribution in [2.45, 2.75) is 52.6 Å². The van der Waals surface area contributed by atoms with Crippen LogP contribution in [0.15, 0.2) is 42.5 Å². The number of carbonyl (C=O) groups is 1. The van der Waals surface area contributed by atoms with E-state index in [0.717, 1.165) is 12.0 Å². The first kappa shape index (κ1) is 18.1. The van der Waals surface area contributed by atoms with Crippen LogP contribution in [0.3, 0.4) is 0 Å². The molecular formula is C21H27NO2. The van der Waals surface area contributed by atoms with Gasteiger partial charge >= 0.3 is 0 Å². The quantitative estimate of drug-likeness (QED) is 0.567. The standard InChI is InChI=1S/C21H27NO2/c1-5-6-20(24-19-12-7-15(4)13-18(19)22)21(23)17-10-8-16(9-11-17)14(2)3/h7-14,20H,5-6,22H2,1-4H3. The lowest BCUT2D eigenvalue weighted by Crippen LogP contribution is -2.27. The number of ether oxygens (including phenoxy) is 1. The summed E-state index contributed by atoms with van der Waals surface area (Å²) in [6.07, 6.45) is 1.02. The zero-order chi connectivity index (χ0) is 17.7. The van der Waals surface area contributed by atoms with Crippen LogP contribution in [0.2, 0.25) is 0 Å². The van der Waals surface area contributed by atoms with Crippen molar-refractivity contribution in [3.8, 4) is 5.75 Å². The zero-order valence-electron chi connectivity index (χ0n) is 15.0. The summed E-state index contributed by atoms with van der Waals surface area (Å²) >= 11 is 0. The van der Waals surface area contributed by atoms with E-state index in [1.54, 1.807) is 0 Å².